The Morgan fingerprint density at radius 3 is 2.38 bits per heavy atom. The number of hydrogen-bond donors (Lipinski definition) is 0. The third-order valence-electron chi connectivity index (χ3n) is 4.52. The molecule has 130 valence electrons. The summed E-state index contributed by atoms with van der Waals surface area (Å²) in [4.78, 5) is 15.0. The maximum atomic E-state index is 13.0. The first-order valence-electron chi connectivity index (χ1n) is 8.56. The SMILES string of the molecule is O=C(c1ccc(-c2ccccc2)cc1)N1CCS[C@@H]1c1cccc(Cl)c1. The minimum absolute atomic E-state index is 0.0231. The summed E-state index contributed by atoms with van der Waals surface area (Å²) in [5, 5.41) is 0.726. The largest absolute Gasteiger partial charge is 0.322 e. The van der Waals surface area contributed by atoms with Crippen LogP contribution >= 0.6 is 23.4 Å². The van der Waals surface area contributed by atoms with E-state index in [4.69, 9.17) is 11.6 Å². The molecular formula is C22H18ClNOS. The van der Waals surface area contributed by atoms with Crippen LogP contribution in [0.15, 0.2) is 78.9 Å². The third kappa shape index (κ3) is 3.50. The third-order valence-corrected chi connectivity index (χ3v) is 6.02. The molecule has 1 aliphatic heterocycles. The van der Waals surface area contributed by atoms with Crippen molar-refractivity contribution in [2.75, 3.05) is 12.3 Å². The molecular weight excluding hydrogens is 362 g/mol. The van der Waals surface area contributed by atoms with Gasteiger partial charge in [-0.05, 0) is 41.0 Å². The lowest BCUT2D eigenvalue weighted by molar-refractivity contribution is 0.0760. The van der Waals surface area contributed by atoms with Gasteiger partial charge >= 0.3 is 0 Å². The second kappa shape index (κ2) is 7.56. The summed E-state index contributed by atoms with van der Waals surface area (Å²) in [5.74, 6) is 1.00. The molecule has 4 heteroatoms. The maximum Gasteiger partial charge on any atom is 0.255 e. The summed E-state index contributed by atoms with van der Waals surface area (Å²) >= 11 is 7.91. The van der Waals surface area contributed by atoms with Crippen LogP contribution in [0, 0.1) is 0 Å². The minimum atomic E-state index is 0.0231. The molecule has 0 bridgehead atoms. The van der Waals surface area contributed by atoms with E-state index < -0.39 is 0 Å². The fourth-order valence-electron chi connectivity index (χ4n) is 3.22. The number of nitrogens with zero attached hydrogens (tertiary/aromatic N) is 1. The van der Waals surface area contributed by atoms with Crippen LogP contribution in [0.3, 0.4) is 0 Å². The average molecular weight is 380 g/mol. The molecule has 1 heterocycles. The van der Waals surface area contributed by atoms with Crippen LogP contribution < -0.4 is 0 Å². The van der Waals surface area contributed by atoms with Gasteiger partial charge in [-0.3, -0.25) is 4.79 Å². The predicted octanol–water partition coefficient (Wildman–Crippen LogP) is 5.89. The lowest BCUT2D eigenvalue weighted by Gasteiger charge is -2.24. The summed E-state index contributed by atoms with van der Waals surface area (Å²) in [6.45, 7) is 0.751. The van der Waals surface area contributed by atoms with Gasteiger partial charge in [-0.25, -0.2) is 0 Å². The van der Waals surface area contributed by atoms with Crippen LogP contribution in [0.5, 0.6) is 0 Å². The van der Waals surface area contributed by atoms with Crippen LogP contribution in [0.25, 0.3) is 11.1 Å². The van der Waals surface area contributed by atoms with E-state index in [0.717, 1.165) is 34.6 Å². The Bertz CT molecular complexity index is 911. The highest BCUT2D eigenvalue weighted by Gasteiger charge is 2.31. The van der Waals surface area contributed by atoms with Crippen LogP contribution in [0.1, 0.15) is 21.3 Å². The smallest absolute Gasteiger partial charge is 0.255 e. The van der Waals surface area contributed by atoms with Gasteiger partial charge in [-0.2, -0.15) is 0 Å². The van der Waals surface area contributed by atoms with Gasteiger partial charge in [0.25, 0.3) is 5.91 Å². The number of hydrogen-bond acceptors (Lipinski definition) is 2. The topological polar surface area (TPSA) is 20.3 Å². The van der Waals surface area contributed by atoms with Gasteiger partial charge in [0, 0.05) is 22.9 Å². The molecule has 0 N–H and O–H groups in total. The Balaban J connectivity index is 1.57. The molecule has 3 aromatic rings. The molecule has 0 radical (unpaired) electrons. The number of carbonyl (C=O) groups excluding carboxylic acids is 1. The maximum absolute atomic E-state index is 13.0. The van der Waals surface area contributed by atoms with E-state index in [1.165, 1.54) is 0 Å². The van der Waals surface area contributed by atoms with E-state index in [0.29, 0.717) is 5.02 Å². The van der Waals surface area contributed by atoms with Crippen molar-refractivity contribution < 1.29 is 4.79 Å². The summed E-state index contributed by atoms with van der Waals surface area (Å²) in [7, 11) is 0. The Morgan fingerprint density at radius 2 is 1.65 bits per heavy atom. The molecule has 1 fully saturated rings. The first kappa shape index (κ1) is 17.2. The zero-order valence-electron chi connectivity index (χ0n) is 14.1. The predicted molar refractivity (Wildman–Crippen MR) is 110 cm³/mol. The first-order valence-corrected chi connectivity index (χ1v) is 9.98. The Kier molecular flexibility index (Phi) is 5.00. The second-order valence-electron chi connectivity index (χ2n) is 6.22. The Morgan fingerprint density at radius 1 is 0.923 bits per heavy atom. The molecule has 1 amide bonds. The number of halogens is 1. The first-order chi connectivity index (χ1) is 12.7. The molecule has 3 aromatic carbocycles. The highest BCUT2D eigenvalue weighted by Crippen LogP contribution is 2.39. The number of amides is 1. The molecule has 1 atom stereocenters. The van der Waals surface area contributed by atoms with Crippen molar-refractivity contribution >= 4 is 29.3 Å². The normalized spacial score (nSPS) is 16.7. The number of carbonyl (C=O) groups is 1. The van der Waals surface area contributed by atoms with Gasteiger partial charge in [-0.1, -0.05) is 66.2 Å². The number of benzene rings is 3. The van der Waals surface area contributed by atoms with Crippen molar-refractivity contribution in [1.29, 1.82) is 0 Å². The van der Waals surface area contributed by atoms with Crippen molar-refractivity contribution in [3.8, 4) is 11.1 Å². The molecule has 0 saturated carbocycles. The van der Waals surface area contributed by atoms with Gasteiger partial charge in [0.1, 0.15) is 5.37 Å². The molecule has 26 heavy (non-hydrogen) atoms. The quantitative estimate of drug-likeness (QED) is 0.565. The summed E-state index contributed by atoms with van der Waals surface area (Å²) in [5.41, 5.74) is 4.07. The van der Waals surface area contributed by atoms with Gasteiger partial charge in [0.2, 0.25) is 0 Å². The molecule has 0 aliphatic carbocycles. The molecule has 0 aromatic heterocycles. The summed E-state index contributed by atoms with van der Waals surface area (Å²) in [6, 6.07) is 25.8. The van der Waals surface area contributed by atoms with Gasteiger partial charge in [0.15, 0.2) is 0 Å². The van der Waals surface area contributed by atoms with Crippen LogP contribution in [-0.4, -0.2) is 23.1 Å². The lowest BCUT2D eigenvalue weighted by Crippen LogP contribution is -2.30. The van der Waals surface area contributed by atoms with E-state index in [1.54, 1.807) is 11.8 Å². The van der Waals surface area contributed by atoms with Crippen LogP contribution in [0.2, 0.25) is 5.02 Å². The lowest BCUT2D eigenvalue weighted by atomic mass is 10.0. The standard InChI is InChI=1S/C22H18ClNOS/c23-20-8-4-7-19(15-20)22-24(13-14-26-22)21(25)18-11-9-17(10-12-18)16-5-2-1-3-6-16/h1-12,15,22H,13-14H2/t22-/m1/s1. The van der Waals surface area contributed by atoms with Crippen molar-refractivity contribution in [1.82, 2.24) is 4.90 Å². The molecule has 1 aliphatic rings. The molecule has 1 saturated heterocycles. The van der Waals surface area contributed by atoms with Crippen molar-refractivity contribution in [2.24, 2.45) is 0 Å². The van der Waals surface area contributed by atoms with Crippen molar-refractivity contribution in [2.45, 2.75) is 5.37 Å². The summed E-state index contributed by atoms with van der Waals surface area (Å²) < 4.78 is 0. The number of thioether (sulfide) groups is 1. The zero-order valence-corrected chi connectivity index (χ0v) is 15.7. The highest BCUT2D eigenvalue weighted by molar-refractivity contribution is 7.99. The number of rotatable bonds is 3. The van der Waals surface area contributed by atoms with E-state index in [-0.39, 0.29) is 11.3 Å². The highest BCUT2D eigenvalue weighted by atomic mass is 35.5. The van der Waals surface area contributed by atoms with Crippen molar-refractivity contribution in [3.05, 3.63) is 95.0 Å². The van der Waals surface area contributed by atoms with E-state index in [9.17, 15) is 4.79 Å². The van der Waals surface area contributed by atoms with E-state index in [2.05, 4.69) is 12.1 Å². The zero-order chi connectivity index (χ0) is 17.9. The Hall–Kier alpha value is -2.23. The molecule has 0 unspecified atom stereocenters. The molecule has 2 nitrogen and oxygen atoms in total. The van der Waals surface area contributed by atoms with Gasteiger partial charge in [-0.15, -0.1) is 11.8 Å². The van der Waals surface area contributed by atoms with Crippen molar-refractivity contribution in [3.63, 3.8) is 0 Å². The monoisotopic (exact) mass is 379 g/mol. The summed E-state index contributed by atoms with van der Waals surface area (Å²) in [6.07, 6.45) is 0. The minimum Gasteiger partial charge on any atom is -0.322 e. The average Bonchev–Trinajstić information content (AvgIpc) is 3.18. The second-order valence-corrected chi connectivity index (χ2v) is 7.84. The van der Waals surface area contributed by atoms with Crippen LogP contribution in [-0.2, 0) is 0 Å². The van der Waals surface area contributed by atoms with Gasteiger partial charge < -0.3 is 4.90 Å². The molecule has 0 spiro atoms. The fraction of sp³-hybridized carbons (Fsp3) is 0.136. The Labute approximate surface area is 162 Å². The van der Waals surface area contributed by atoms with Gasteiger partial charge in [0.05, 0.1) is 0 Å². The van der Waals surface area contributed by atoms with E-state index >= 15 is 0 Å². The fourth-order valence-corrected chi connectivity index (χ4v) is 4.66. The molecule has 4 rings (SSSR count). The van der Waals surface area contributed by atoms with Crippen LogP contribution in [0.4, 0.5) is 0 Å². The van der Waals surface area contributed by atoms with E-state index in [1.807, 2.05) is 71.6 Å².